The molecule has 1 saturated carbocycles. The number of amides is 1. The van der Waals surface area contributed by atoms with Gasteiger partial charge in [-0.2, -0.15) is 0 Å². The Morgan fingerprint density at radius 1 is 1.24 bits per heavy atom. The van der Waals surface area contributed by atoms with Crippen LogP contribution in [0.2, 0.25) is 0 Å². The van der Waals surface area contributed by atoms with Gasteiger partial charge in [-0.05, 0) is 32.6 Å². The van der Waals surface area contributed by atoms with E-state index in [9.17, 15) is 4.79 Å². The largest absolute Gasteiger partial charge is 0.353 e. The molecular formula is C16H24N4O. The molecule has 0 radical (unpaired) electrons. The monoisotopic (exact) mass is 288 g/mol. The Balaban J connectivity index is 1.68. The molecule has 114 valence electrons. The molecule has 0 spiro atoms. The molecule has 1 aliphatic heterocycles. The van der Waals surface area contributed by atoms with Crippen molar-refractivity contribution in [2.75, 3.05) is 25.0 Å². The summed E-state index contributed by atoms with van der Waals surface area (Å²) in [4.78, 5) is 25.5. The van der Waals surface area contributed by atoms with Gasteiger partial charge in [-0.25, -0.2) is 4.98 Å². The van der Waals surface area contributed by atoms with E-state index in [1.807, 2.05) is 18.9 Å². The fourth-order valence-electron chi connectivity index (χ4n) is 3.30. The average molecular weight is 288 g/mol. The summed E-state index contributed by atoms with van der Waals surface area (Å²) in [5.74, 6) is 1.58. The predicted molar refractivity (Wildman–Crippen MR) is 82.1 cm³/mol. The Labute approximate surface area is 126 Å². The number of aryl methyl sites for hydroxylation is 1. The molecule has 0 aromatic carbocycles. The second-order valence-electron chi connectivity index (χ2n) is 6.28. The highest BCUT2D eigenvalue weighted by Crippen LogP contribution is 2.30. The van der Waals surface area contributed by atoms with Gasteiger partial charge in [0.05, 0.1) is 5.69 Å². The van der Waals surface area contributed by atoms with Gasteiger partial charge in [0.25, 0.3) is 0 Å². The summed E-state index contributed by atoms with van der Waals surface area (Å²) in [5, 5.41) is 0. The van der Waals surface area contributed by atoms with Crippen LogP contribution in [-0.2, 0) is 4.79 Å². The normalized spacial score (nSPS) is 22.8. The number of piperidine rings is 1. The number of nitrogens with zero attached hydrogens (tertiary/aromatic N) is 4. The summed E-state index contributed by atoms with van der Waals surface area (Å²) in [6.45, 7) is 3.87. The minimum Gasteiger partial charge on any atom is -0.353 e. The van der Waals surface area contributed by atoms with Crippen molar-refractivity contribution in [1.82, 2.24) is 14.9 Å². The second-order valence-corrected chi connectivity index (χ2v) is 6.28. The molecule has 2 aliphatic rings. The SMILES string of the molecule is Cc1nccnc1N1CCCC(N(C)C(=O)C2CCC2)C1. The number of carbonyl (C=O) groups excluding carboxylic acids is 1. The van der Waals surface area contributed by atoms with Crippen LogP contribution in [0.15, 0.2) is 12.4 Å². The Morgan fingerprint density at radius 3 is 2.67 bits per heavy atom. The zero-order valence-electron chi connectivity index (χ0n) is 13.0. The molecule has 0 N–H and O–H groups in total. The molecular weight excluding hydrogens is 264 g/mol. The van der Waals surface area contributed by atoms with Crippen molar-refractivity contribution in [2.45, 2.75) is 45.1 Å². The first-order chi connectivity index (χ1) is 10.2. The van der Waals surface area contributed by atoms with Crippen molar-refractivity contribution in [3.05, 3.63) is 18.1 Å². The number of anilines is 1. The second kappa shape index (κ2) is 6.00. The Kier molecular flexibility index (Phi) is 4.08. The van der Waals surface area contributed by atoms with E-state index in [4.69, 9.17) is 0 Å². The first-order valence-corrected chi connectivity index (χ1v) is 7.96. The van der Waals surface area contributed by atoms with Crippen LogP contribution >= 0.6 is 0 Å². The number of hydrogen-bond acceptors (Lipinski definition) is 4. The van der Waals surface area contributed by atoms with Crippen molar-refractivity contribution in [2.24, 2.45) is 5.92 Å². The number of rotatable bonds is 3. The highest BCUT2D eigenvalue weighted by molar-refractivity contribution is 5.79. The van der Waals surface area contributed by atoms with Crippen molar-refractivity contribution in [3.8, 4) is 0 Å². The highest BCUT2D eigenvalue weighted by Gasteiger charge is 2.33. The predicted octanol–water partition coefficient (Wildman–Crippen LogP) is 2.01. The lowest BCUT2D eigenvalue weighted by atomic mass is 9.84. The lowest BCUT2D eigenvalue weighted by Crippen LogP contribution is -2.51. The fourth-order valence-corrected chi connectivity index (χ4v) is 3.30. The molecule has 1 aliphatic carbocycles. The Bertz CT molecular complexity index is 515. The summed E-state index contributed by atoms with van der Waals surface area (Å²) >= 11 is 0. The standard InChI is InChI=1S/C16H24N4O/c1-12-15(18-9-8-17-12)20-10-4-7-14(11-20)19(2)16(21)13-5-3-6-13/h8-9,13-14H,3-7,10-11H2,1-2H3. The number of aromatic nitrogens is 2. The number of hydrogen-bond donors (Lipinski definition) is 0. The lowest BCUT2D eigenvalue weighted by molar-refractivity contribution is -0.139. The van der Waals surface area contributed by atoms with E-state index in [-0.39, 0.29) is 5.92 Å². The van der Waals surface area contributed by atoms with E-state index in [0.717, 1.165) is 50.3 Å². The minimum atomic E-state index is 0.281. The highest BCUT2D eigenvalue weighted by atomic mass is 16.2. The topological polar surface area (TPSA) is 49.3 Å². The van der Waals surface area contributed by atoms with Crippen LogP contribution in [0.1, 0.15) is 37.8 Å². The molecule has 1 unspecified atom stereocenters. The molecule has 3 rings (SSSR count). The average Bonchev–Trinajstić information content (AvgIpc) is 2.45. The quantitative estimate of drug-likeness (QED) is 0.854. The number of carbonyl (C=O) groups is 1. The molecule has 2 fully saturated rings. The first kappa shape index (κ1) is 14.3. The van der Waals surface area contributed by atoms with E-state index in [1.165, 1.54) is 6.42 Å². The van der Waals surface area contributed by atoms with Crippen LogP contribution in [0.5, 0.6) is 0 Å². The van der Waals surface area contributed by atoms with Crippen molar-refractivity contribution in [1.29, 1.82) is 0 Å². The third-order valence-electron chi connectivity index (χ3n) is 4.90. The van der Waals surface area contributed by atoms with Crippen LogP contribution in [0.4, 0.5) is 5.82 Å². The van der Waals surface area contributed by atoms with Crippen molar-refractivity contribution in [3.63, 3.8) is 0 Å². The minimum absolute atomic E-state index is 0.281. The molecule has 1 saturated heterocycles. The maximum Gasteiger partial charge on any atom is 0.225 e. The molecule has 1 aromatic rings. The molecule has 1 amide bonds. The van der Waals surface area contributed by atoms with E-state index in [1.54, 1.807) is 12.4 Å². The molecule has 2 heterocycles. The zero-order valence-corrected chi connectivity index (χ0v) is 13.0. The fraction of sp³-hybridized carbons (Fsp3) is 0.688. The smallest absolute Gasteiger partial charge is 0.225 e. The summed E-state index contributed by atoms with van der Waals surface area (Å²) in [6.07, 6.45) is 9.01. The maximum atomic E-state index is 12.4. The molecule has 5 heteroatoms. The van der Waals surface area contributed by atoms with Gasteiger partial charge < -0.3 is 9.80 Å². The Hall–Kier alpha value is -1.65. The van der Waals surface area contributed by atoms with Gasteiger partial charge in [0, 0.05) is 44.5 Å². The van der Waals surface area contributed by atoms with Gasteiger partial charge in [0.1, 0.15) is 5.82 Å². The van der Waals surface area contributed by atoms with Crippen LogP contribution in [0, 0.1) is 12.8 Å². The van der Waals surface area contributed by atoms with Gasteiger partial charge in [-0.1, -0.05) is 6.42 Å². The molecule has 21 heavy (non-hydrogen) atoms. The molecule has 0 bridgehead atoms. The van der Waals surface area contributed by atoms with E-state index in [0.29, 0.717) is 11.9 Å². The summed E-state index contributed by atoms with van der Waals surface area (Å²) in [6, 6.07) is 0.299. The molecule has 1 atom stereocenters. The summed E-state index contributed by atoms with van der Waals surface area (Å²) < 4.78 is 0. The van der Waals surface area contributed by atoms with Crippen molar-refractivity contribution >= 4 is 11.7 Å². The van der Waals surface area contributed by atoms with Gasteiger partial charge in [-0.3, -0.25) is 9.78 Å². The molecule has 1 aromatic heterocycles. The number of likely N-dealkylation sites (N-methyl/N-ethyl adjacent to an activating group) is 1. The van der Waals surface area contributed by atoms with E-state index < -0.39 is 0 Å². The Morgan fingerprint density at radius 2 is 2.00 bits per heavy atom. The van der Waals surface area contributed by atoms with Gasteiger partial charge in [0.15, 0.2) is 0 Å². The van der Waals surface area contributed by atoms with Crippen LogP contribution in [-0.4, -0.2) is 47.0 Å². The maximum absolute atomic E-state index is 12.4. The van der Waals surface area contributed by atoms with Crippen LogP contribution in [0.3, 0.4) is 0 Å². The van der Waals surface area contributed by atoms with E-state index >= 15 is 0 Å². The van der Waals surface area contributed by atoms with Crippen molar-refractivity contribution < 1.29 is 4.79 Å². The first-order valence-electron chi connectivity index (χ1n) is 7.96. The molecule has 5 nitrogen and oxygen atoms in total. The van der Waals surface area contributed by atoms with Gasteiger partial charge in [-0.15, -0.1) is 0 Å². The van der Waals surface area contributed by atoms with Crippen LogP contribution < -0.4 is 4.90 Å². The summed E-state index contributed by atoms with van der Waals surface area (Å²) in [7, 11) is 1.97. The third kappa shape index (κ3) is 2.87. The summed E-state index contributed by atoms with van der Waals surface area (Å²) in [5.41, 5.74) is 0.964. The van der Waals surface area contributed by atoms with E-state index in [2.05, 4.69) is 14.9 Å². The zero-order chi connectivity index (χ0) is 14.8. The lowest BCUT2D eigenvalue weighted by Gasteiger charge is -2.40. The van der Waals surface area contributed by atoms with Gasteiger partial charge >= 0.3 is 0 Å². The van der Waals surface area contributed by atoms with Crippen LogP contribution in [0.25, 0.3) is 0 Å². The third-order valence-corrected chi connectivity index (χ3v) is 4.90. The van der Waals surface area contributed by atoms with Gasteiger partial charge in [0.2, 0.25) is 5.91 Å².